The molecule has 2 aromatic rings. The maximum absolute atomic E-state index is 11.8. The molecule has 0 radical (unpaired) electrons. The van der Waals surface area contributed by atoms with E-state index in [2.05, 4.69) is 21.2 Å². The molecule has 0 aliphatic carbocycles. The summed E-state index contributed by atoms with van der Waals surface area (Å²) < 4.78 is 7.09. The van der Waals surface area contributed by atoms with Crippen molar-refractivity contribution in [3.8, 4) is 0 Å². The number of rotatable bonds is 3. The molecule has 104 valence electrons. The number of carbonyl (C=O) groups is 1. The lowest BCUT2D eigenvalue weighted by Crippen LogP contribution is -2.20. The third kappa shape index (κ3) is 3.71. The standard InChI is InChI=1S/C14H13BrN2O3/c1-17-7-11(15)13(18)12(8-17)16-14(19)20-9-10-5-3-2-4-6-10/h2-8H,9H2,1H3,(H,16,19). The SMILES string of the molecule is Cn1cc(Br)c(=O)c(NC(=O)OCc2ccccc2)c1. The van der Waals surface area contributed by atoms with Crippen LogP contribution in [0.4, 0.5) is 10.5 Å². The molecule has 1 aromatic heterocycles. The molecule has 1 N–H and O–H groups in total. The van der Waals surface area contributed by atoms with Gasteiger partial charge in [-0.25, -0.2) is 4.79 Å². The van der Waals surface area contributed by atoms with Crippen molar-refractivity contribution in [2.45, 2.75) is 6.61 Å². The summed E-state index contributed by atoms with van der Waals surface area (Å²) in [4.78, 5) is 23.5. The number of anilines is 1. The van der Waals surface area contributed by atoms with E-state index in [9.17, 15) is 9.59 Å². The first-order valence-corrected chi connectivity index (χ1v) is 6.69. The van der Waals surface area contributed by atoms with Crippen LogP contribution in [0.15, 0.2) is 52.0 Å². The molecule has 0 saturated carbocycles. The van der Waals surface area contributed by atoms with Gasteiger partial charge in [-0.05, 0) is 21.5 Å². The fraction of sp³-hybridized carbons (Fsp3) is 0.143. The third-order valence-electron chi connectivity index (χ3n) is 2.56. The van der Waals surface area contributed by atoms with Gasteiger partial charge in [0.25, 0.3) is 0 Å². The fourth-order valence-corrected chi connectivity index (χ4v) is 2.16. The zero-order valence-electron chi connectivity index (χ0n) is 10.8. The summed E-state index contributed by atoms with van der Waals surface area (Å²) in [6.45, 7) is 0.154. The molecule has 0 spiro atoms. The van der Waals surface area contributed by atoms with Crippen molar-refractivity contribution in [1.82, 2.24) is 4.57 Å². The molecule has 5 nitrogen and oxygen atoms in total. The summed E-state index contributed by atoms with van der Waals surface area (Å²) in [5.41, 5.74) is 0.754. The van der Waals surface area contributed by atoms with Crippen LogP contribution in [0, 0.1) is 0 Å². The smallest absolute Gasteiger partial charge is 0.412 e. The maximum Gasteiger partial charge on any atom is 0.412 e. The Kier molecular flexibility index (Phi) is 4.57. The zero-order chi connectivity index (χ0) is 14.5. The monoisotopic (exact) mass is 336 g/mol. The van der Waals surface area contributed by atoms with Crippen molar-refractivity contribution in [3.05, 3.63) is 63.0 Å². The average molecular weight is 337 g/mol. The van der Waals surface area contributed by atoms with Gasteiger partial charge >= 0.3 is 6.09 Å². The largest absolute Gasteiger partial charge is 0.444 e. The van der Waals surface area contributed by atoms with E-state index in [0.29, 0.717) is 4.47 Å². The van der Waals surface area contributed by atoms with E-state index in [4.69, 9.17) is 4.74 Å². The zero-order valence-corrected chi connectivity index (χ0v) is 12.4. The highest BCUT2D eigenvalue weighted by Crippen LogP contribution is 2.08. The Hall–Kier alpha value is -2.08. The number of aromatic nitrogens is 1. The fourth-order valence-electron chi connectivity index (χ4n) is 1.62. The van der Waals surface area contributed by atoms with E-state index in [1.807, 2.05) is 30.3 Å². The van der Waals surface area contributed by atoms with Crippen LogP contribution >= 0.6 is 15.9 Å². The lowest BCUT2D eigenvalue weighted by molar-refractivity contribution is 0.155. The number of nitrogens with zero attached hydrogens (tertiary/aromatic N) is 1. The van der Waals surface area contributed by atoms with Crippen LogP contribution in [0.3, 0.4) is 0 Å². The molecule has 0 bridgehead atoms. The Bertz CT molecular complexity index is 668. The van der Waals surface area contributed by atoms with E-state index in [-0.39, 0.29) is 17.7 Å². The average Bonchev–Trinajstić information content (AvgIpc) is 2.43. The second-order valence-corrected chi connectivity index (χ2v) is 5.06. The van der Waals surface area contributed by atoms with Crippen LogP contribution in [-0.2, 0) is 18.4 Å². The highest BCUT2D eigenvalue weighted by molar-refractivity contribution is 9.10. The number of aryl methyl sites for hydroxylation is 1. The lowest BCUT2D eigenvalue weighted by atomic mass is 10.2. The molecular formula is C14H13BrN2O3. The van der Waals surface area contributed by atoms with Crippen molar-refractivity contribution < 1.29 is 9.53 Å². The highest BCUT2D eigenvalue weighted by atomic mass is 79.9. The molecule has 0 atom stereocenters. The quantitative estimate of drug-likeness (QED) is 0.937. The number of hydrogen-bond acceptors (Lipinski definition) is 3. The molecule has 6 heteroatoms. The second kappa shape index (κ2) is 6.38. The van der Waals surface area contributed by atoms with E-state index in [1.54, 1.807) is 17.8 Å². The summed E-state index contributed by atoms with van der Waals surface area (Å²) >= 11 is 3.14. The number of nitrogens with one attached hydrogen (secondary N) is 1. The van der Waals surface area contributed by atoms with Crippen molar-refractivity contribution >= 4 is 27.7 Å². The predicted molar refractivity (Wildman–Crippen MR) is 79.6 cm³/mol. The van der Waals surface area contributed by atoms with Gasteiger partial charge in [0.1, 0.15) is 12.3 Å². The van der Waals surface area contributed by atoms with Gasteiger partial charge < -0.3 is 9.30 Å². The van der Waals surface area contributed by atoms with Gasteiger partial charge in [0.05, 0.1) is 4.47 Å². The topological polar surface area (TPSA) is 60.3 Å². The van der Waals surface area contributed by atoms with Gasteiger partial charge in [-0.15, -0.1) is 0 Å². The van der Waals surface area contributed by atoms with Crippen LogP contribution in [0.5, 0.6) is 0 Å². The van der Waals surface area contributed by atoms with Crippen LogP contribution in [0.1, 0.15) is 5.56 Å². The van der Waals surface area contributed by atoms with Crippen LogP contribution in [0.25, 0.3) is 0 Å². The summed E-state index contributed by atoms with van der Waals surface area (Å²) in [5, 5.41) is 2.44. The van der Waals surface area contributed by atoms with E-state index >= 15 is 0 Å². The van der Waals surface area contributed by atoms with Gasteiger partial charge in [-0.1, -0.05) is 30.3 Å². The normalized spacial score (nSPS) is 10.1. The Morgan fingerprint density at radius 3 is 2.70 bits per heavy atom. The number of hydrogen-bond donors (Lipinski definition) is 1. The Balaban J connectivity index is 2.00. The minimum Gasteiger partial charge on any atom is -0.444 e. The van der Waals surface area contributed by atoms with Crippen LogP contribution < -0.4 is 10.7 Å². The molecular weight excluding hydrogens is 324 g/mol. The summed E-state index contributed by atoms with van der Waals surface area (Å²) in [6, 6.07) is 9.31. The van der Waals surface area contributed by atoms with Crippen molar-refractivity contribution in [2.75, 3.05) is 5.32 Å². The molecule has 1 amide bonds. The minimum atomic E-state index is -0.663. The molecule has 0 unspecified atom stereocenters. The first-order valence-electron chi connectivity index (χ1n) is 5.90. The van der Waals surface area contributed by atoms with Gasteiger partial charge in [0.15, 0.2) is 0 Å². The molecule has 20 heavy (non-hydrogen) atoms. The molecule has 2 rings (SSSR count). The Labute approximate surface area is 124 Å². The van der Waals surface area contributed by atoms with Gasteiger partial charge in [0, 0.05) is 19.4 Å². The number of ether oxygens (including phenoxy) is 1. The predicted octanol–water partition coefficient (Wildman–Crippen LogP) is 2.90. The Morgan fingerprint density at radius 2 is 2.00 bits per heavy atom. The number of benzene rings is 1. The number of pyridine rings is 1. The number of amides is 1. The molecule has 0 fully saturated rings. The Morgan fingerprint density at radius 1 is 1.30 bits per heavy atom. The third-order valence-corrected chi connectivity index (χ3v) is 3.13. The summed E-state index contributed by atoms with van der Waals surface area (Å²) in [5.74, 6) is 0. The van der Waals surface area contributed by atoms with Gasteiger partial charge in [-0.3, -0.25) is 10.1 Å². The molecule has 0 aliphatic rings. The van der Waals surface area contributed by atoms with Crippen LogP contribution in [-0.4, -0.2) is 10.7 Å². The van der Waals surface area contributed by atoms with Gasteiger partial charge in [0.2, 0.25) is 5.43 Å². The minimum absolute atomic E-state index is 0.154. The number of halogens is 1. The van der Waals surface area contributed by atoms with E-state index in [1.165, 1.54) is 6.20 Å². The van der Waals surface area contributed by atoms with Crippen molar-refractivity contribution in [2.24, 2.45) is 7.05 Å². The van der Waals surface area contributed by atoms with Crippen LogP contribution in [0.2, 0.25) is 0 Å². The summed E-state index contributed by atoms with van der Waals surface area (Å²) in [6.07, 6.45) is 2.48. The molecule has 0 saturated heterocycles. The van der Waals surface area contributed by atoms with E-state index in [0.717, 1.165) is 5.56 Å². The van der Waals surface area contributed by atoms with Crippen molar-refractivity contribution in [1.29, 1.82) is 0 Å². The van der Waals surface area contributed by atoms with Gasteiger partial charge in [-0.2, -0.15) is 0 Å². The lowest BCUT2D eigenvalue weighted by Gasteiger charge is -2.08. The first-order chi connectivity index (χ1) is 9.56. The van der Waals surface area contributed by atoms with Crippen molar-refractivity contribution in [3.63, 3.8) is 0 Å². The molecule has 1 heterocycles. The first kappa shape index (κ1) is 14.3. The maximum atomic E-state index is 11.8. The number of carbonyl (C=O) groups excluding carboxylic acids is 1. The second-order valence-electron chi connectivity index (χ2n) is 4.20. The highest BCUT2D eigenvalue weighted by Gasteiger charge is 2.09. The summed E-state index contributed by atoms with van der Waals surface area (Å²) in [7, 11) is 1.75. The molecule has 0 aliphatic heterocycles. The molecule has 1 aromatic carbocycles. The van der Waals surface area contributed by atoms with E-state index < -0.39 is 6.09 Å².